The second-order valence-corrected chi connectivity index (χ2v) is 5.35. The molecule has 0 aliphatic heterocycles. The number of nitrogens with one attached hydrogen (secondary N) is 1. The number of halogens is 1. The van der Waals surface area contributed by atoms with Crippen molar-refractivity contribution < 1.29 is 9.18 Å². The molecule has 0 aliphatic carbocycles. The van der Waals surface area contributed by atoms with Gasteiger partial charge >= 0.3 is 0 Å². The van der Waals surface area contributed by atoms with Crippen LogP contribution in [0.3, 0.4) is 0 Å². The highest BCUT2D eigenvalue weighted by Crippen LogP contribution is 2.13. The standard InChI is InChI=1S/C17H20FN3O2/c1-4-12(5-2)19-17(23)16-15(22)10-11(3)21(20-16)14-9-7-6-8-13(14)18/h6-10,12H,4-5H2,1-3H3,(H,19,23). The molecule has 5 nitrogen and oxygen atoms in total. The van der Waals surface area contributed by atoms with Crippen molar-refractivity contribution in [3.05, 3.63) is 57.8 Å². The minimum Gasteiger partial charge on any atom is -0.348 e. The summed E-state index contributed by atoms with van der Waals surface area (Å²) in [4.78, 5) is 24.4. The predicted octanol–water partition coefficient (Wildman–Crippen LogP) is 2.60. The summed E-state index contributed by atoms with van der Waals surface area (Å²) in [6.07, 6.45) is 1.52. The molecule has 122 valence electrons. The lowest BCUT2D eigenvalue weighted by Gasteiger charge is -2.15. The molecule has 1 heterocycles. The van der Waals surface area contributed by atoms with Crippen LogP contribution >= 0.6 is 0 Å². The molecule has 23 heavy (non-hydrogen) atoms. The van der Waals surface area contributed by atoms with E-state index in [2.05, 4.69) is 10.4 Å². The quantitative estimate of drug-likeness (QED) is 0.922. The molecule has 0 aliphatic rings. The van der Waals surface area contributed by atoms with Gasteiger partial charge in [-0.2, -0.15) is 5.10 Å². The normalized spacial score (nSPS) is 10.8. The van der Waals surface area contributed by atoms with Crippen LogP contribution in [0.25, 0.3) is 5.69 Å². The van der Waals surface area contributed by atoms with Crippen molar-refractivity contribution in [1.29, 1.82) is 0 Å². The van der Waals surface area contributed by atoms with Gasteiger partial charge in [0.05, 0.1) is 0 Å². The first-order chi connectivity index (χ1) is 11.0. The van der Waals surface area contributed by atoms with Crippen LogP contribution in [0.15, 0.2) is 35.1 Å². The van der Waals surface area contributed by atoms with Gasteiger partial charge in [-0.3, -0.25) is 9.59 Å². The molecule has 2 rings (SSSR count). The van der Waals surface area contributed by atoms with E-state index in [-0.39, 0.29) is 17.4 Å². The number of aromatic nitrogens is 2. The topological polar surface area (TPSA) is 64.0 Å². The fraction of sp³-hybridized carbons (Fsp3) is 0.353. The third-order valence-electron chi connectivity index (χ3n) is 3.72. The largest absolute Gasteiger partial charge is 0.348 e. The zero-order chi connectivity index (χ0) is 17.0. The first kappa shape index (κ1) is 16.9. The number of hydrogen-bond donors (Lipinski definition) is 1. The Labute approximate surface area is 134 Å². The molecule has 1 amide bonds. The molecule has 2 aromatic rings. The van der Waals surface area contributed by atoms with E-state index in [4.69, 9.17) is 0 Å². The van der Waals surface area contributed by atoms with Gasteiger partial charge in [-0.25, -0.2) is 9.07 Å². The molecular weight excluding hydrogens is 297 g/mol. The van der Waals surface area contributed by atoms with Gasteiger partial charge in [0, 0.05) is 17.8 Å². The maximum absolute atomic E-state index is 14.0. The number of benzene rings is 1. The van der Waals surface area contributed by atoms with Gasteiger partial charge in [-0.1, -0.05) is 26.0 Å². The minimum absolute atomic E-state index is 0.0214. The number of rotatable bonds is 5. The lowest BCUT2D eigenvalue weighted by atomic mass is 10.1. The monoisotopic (exact) mass is 317 g/mol. The lowest BCUT2D eigenvalue weighted by Crippen LogP contribution is -2.38. The Hall–Kier alpha value is -2.50. The van der Waals surface area contributed by atoms with Gasteiger partial charge in [0.25, 0.3) is 5.91 Å². The van der Waals surface area contributed by atoms with E-state index in [1.165, 1.54) is 16.8 Å². The average Bonchev–Trinajstić information content (AvgIpc) is 2.53. The number of nitrogens with zero attached hydrogens (tertiary/aromatic N) is 2. The van der Waals surface area contributed by atoms with Crippen LogP contribution in [-0.4, -0.2) is 21.7 Å². The van der Waals surface area contributed by atoms with Crippen molar-refractivity contribution >= 4 is 5.91 Å². The van der Waals surface area contributed by atoms with Gasteiger partial charge in [0.15, 0.2) is 5.69 Å². The summed E-state index contributed by atoms with van der Waals surface area (Å²) in [6.45, 7) is 5.55. The Morgan fingerprint density at radius 3 is 2.57 bits per heavy atom. The second-order valence-electron chi connectivity index (χ2n) is 5.35. The van der Waals surface area contributed by atoms with Crippen molar-refractivity contribution in [2.45, 2.75) is 39.7 Å². The predicted molar refractivity (Wildman–Crippen MR) is 86.4 cm³/mol. The molecule has 6 heteroatoms. The Balaban J connectivity index is 2.47. The third kappa shape index (κ3) is 3.64. The maximum atomic E-state index is 14.0. The molecule has 0 bridgehead atoms. The fourth-order valence-corrected chi connectivity index (χ4v) is 2.32. The maximum Gasteiger partial charge on any atom is 0.276 e. The average molecular weight is 317 g/mol. The second kappa shape index (κ2) is 7.17. The smallest absolute Gasteiger partial charge is 0.276 e. The molecule has 0 saturated carbocycles. The Kier molecular flexibility index (Phi) is 5.26. The summed E-state index contributed by atoms with van der Waals surface area (Å²) >= 11 is 0. The number of amides is 1. The van der Waals surface area contributed by atoms with Crippen molar-refractivity contribution in [2.24, 2.45) is 0 Å². The van der Waals surface area contributed by atoms with Crippen LogP contribution in [0.1, 0.15) is 42.9 Å². The molecule has 1 aromatic heterocycles. The van der Waals surface area contributed by atoms with Gasteiger partial charge in [-0.05, 0) is 31.9 Å². The van der Waals surface area contributed by atoms with E-state index in [9.17, 15) is 14.0 Å². The van der Waals surface area contributed by atoms with E-state index in [1.807, 2.05) is 13.8 Å². The van der Waals surface area contributed by atoms with Crippen LogP contribution in [0, 0.1) is 12.7 Å². The first-order valence-electron chi connectivity index (χ1n) is 7.64. The molecular formula is C17H20FN3O2. The van der Waals surface area contributed by atoms with E-state index in [1.54, 1.807) is 25.1 Å². The summed E-state index contributed by atoms with van der Waals surface area (Å²) in [5.74, 6) is -1.01. The molecule has 0 fully saturated rings. The SMILES string of the molecule is CCC(CC)NC(=O)c1nn(-c2ccccc2F)c(C)cc1=O. The van der Waals surface area contributed by atoms with Crippen molar-refractivity contribution in [2.75, 3.05) is 0 Å². The summed E-state index contributed by atoms with van der Waals surface area (Å²) < 4.78 is 15.2. The van der Waals surface area contributed by atoms with Crippen LogP contribution < -0.4 is 10.7 Å². The fourth-order valence-electron chi connectivity index (χ4n) is 2.32. The molecule has 0 radical (unpaired) electrons. The van der Waals surface area contributed by atoms with Gasteiger partial charge in [0.2, 0.25) is 5.43 Å². The van der Waals surface area contributed by atoms with E-state index >= 15 is 0 Å². The van der Waals surface area contributed by atoms with Crippen LogP contribution in [0.2, 0.25) is 0 Å². The summed E-state index contributed by atoms with van der Waals surface area (Å²) in [5.41, 5.74) is -0.0509. The van der Waals surface area contributed by atoms with E-state index in [0.717, 1.165) is 12.8 Å². The van der Waals surface area contributed by atoms with Gasteiger partial charge in [0.1, 0.15) is 11.5 Å². The minimum atomic E-state index is -0.534. The van der Waals surface area contributed by atoms with Crippen molar-refractivity contribution in [1.82, 2.24) is 15.1 Å². The number of para-hydroxylation sites is 1. The Morgan fingerprint density at radius 2 is 1.96 bits per heavy atom. The molecule has 1 aromatic carbocycles. The van der Waals surface area contributed by atoms with Crippen molar-refractivity contribution in [3.8, 4) is 5.69 Å². The van der Waals surface area contributed by atoms with Crippen LogP contribution in [0.4, 0.5) is 4.39 Å². The summed E-state index contributed by atoms with van der Waals surface area (Å²) in [5, 5.41) is 6.85. The number of aryl methyl sites for hydroxylation is 1. The van der Waals surface area contributed by atoms with E-state index in [0.29, 0.717) is 5.69 Å². The highest BCUT2D eigenvalue weighted by atomic mass is 19.1. The van der Waals surface area contributed by atoms with Crippen LogP contribution in [0.5, 0.6) is 0 Å². The van der Waals surface area contributed by atoms with E-state index < -0.39 is 17.2 Å². The highest BCUT2D eigenvalue weighted by Gasteiger charge is 2.18. The summed E-state index contributed by atoms with van der Waals surface area (Å²) in [6, 6.07) is 7.35. The molecule has 0 saturated heterocycles. The molecule has 0 unspecified atom stereocenters. The highest BCUT2D eigenvalue weighted by molar-refractivity contribution is 5.92. The number of carbonyl (C=O) groups excluding carboxylic acids is 1. The Bertz CT molecular complexity index is 767. The van der Waals surface area contributed by atoms with Crippen molar-refractivity contribution in [3.63, 3.8) is 0 Å². The zero-order valence-corrected chi connectivity index (χ0v) is 13.5. The number of carbonyl (C=O) groups is 1. The lowest BCUT2D eigenvalue weighted by molar-refractivity contribution is 0.0926. The molecule has 0 spiro atoms. The third-order valence-corrected chi connectivity index (χ3v) is 3.72. The Morgan fingerprint density at radius 1 is 1.30 bits per heavy atom. The van der Waals surface area contributed by atoms with Gasteiger partial charge in [-0.15, -0.1) is 0 Å². The summed E-state index contributed by atoms with van der Waals surface area (Å²) in [7, 11) is 0. The molecule has 1 N–H and O–H groups in total. The zero-order valence-electron chi connectivity index (χ0n) is 13.5. The first-order valence-corrected chi connectivity index (χ1v) is 7.64. The van der Waals surface area contributed by atoms with Crippen LogP contribution in [-0.2, 0) is 0 Å². The molecule has 0 atom stereocenters. The number of hydrogen-bond acceptors (Lipinski definition) is 3. The van der Waals surface area contributed by atoms with Gasteiger partial charge < -0.3 is 5.32 Å².